The molecule has 13 heavy (non-hydrogen) atoms. The van der Waals surface area contributed by atoms with Crippen molar-refractivity contribution in [1.29, 1.82) is 0 Å². The first-order chi connectivity index (χ1) is 5.83. The van der Waals surface area contributed by atoms with Crippen molar-refractivity contribution >= 4 is 12.4 Å². The Bertz CT molecular complexity index is 151. The first-order valence-electron chi connectivity index (χ1n) is 4.93. The molecule has 1 aliphatic carbocycles. The smallest absolute Gasteiger partial charge is 0.0305 e. The summed E-state index contributed by atoms with van der Waals surface area (Å²) < 4.78 is 0. The molecule has 0 unspecified atom stereocenters. The normalized spacial score (nSPS) is 19.7. The van der Waals surface area contributed by atoms with Gasteiger partial charge in [-0.3, -0.25) is 11.3 Å². The van der Waals surface area contributed by atoms with Crippen molar-refractivity contribution in [2.45, 2.75) is 39.0 Å². The molecule has 0 saturated heterocycles. The molecule has 2 nitrogen and oxygen atoms in total. The zero-order valence-corrected chi connectivity index (χ0v) is 9.20. The van der Waals surface area contributed by atoms with E-state index in [4.69, 9.17) is 5.84 Å². The fourth-order valence-corrected chi connectivity index (χ4v) is 1.92. The van der Waals surface area contributed by atoms with E-state index in [0.29, 0.717) is 0 Å². The lowest BCUT2D eigenvalue weighted by Gasteiger charge is -2.18. The van der Waals surface area contributed by atoms with E-state index in [1.807, 2.05) is 0 Å². The molecule has 3 heteroatoms. The molecule has 0 heterocycles. The van der Waals surface area contributed by atoms with E-state index in [1.54, 1.807) is 0 Å². The first-order valence-corrected chi connectivity index (χ1v) is 4.93. The highest BCUT2D eigenvalue weighted by Gasteiger charge is 2.10. The number of hydrogen-bond acceptors (Lipinski definition) is 2. The highest BCUT2D eigenvalue weighted by atomic mass is 35.5. The van der Waals surface area contributed by atoms with Gasteiger partial charge in [0, 0.05) is 6.54 Å². The fourth-order valence-electron chi connectivity index (χ4n) is 1.92. The second-order valence-corrected chi connectivity index (χ2v) is 3.79. The first kappa shape index (κ1) is 12.9. The topological polar surface area (TPSA) is 38.0 Å². The molecule has 3 N–H and O–H groups in total. The van der Waals surface area contributed by atoms with Crippen molar-refractivity contribution in [1.82, 2.24) is 5.43 Å². The largest absolute Gasteiger partial charge is 0.271 e. The Morgan fingerprint density at radius 2 is 2.00 bits per heavy atom. The minimum atomic E-state index is 0. The number of rotatable bonds is 3. The molecule has 0 aromatic heterocycles. The molecule has 0 amide bonds. The molecule has 0 bridgehead atoms. The maximum atomic E-state index is 5.24. The van der Waals surface area contributed by atoms with Gasteiger partial charge in [0.05, 0.1) is 0 Å². The second-order valence-electron chi connectivity index (χ2n) is 3.79. The van der Waals surface area contributed by atoms with Crippen LogP contribution < -0.4 is 11.3 Å². The summed E-state index contributed by atoms with van der Waals surface area (Å²) in [4.78, 5) is 0. The van der Waals surface area contributed by atoms with E-state index in [9.17, 15) is 0 Å². The fraction of sp³-hybridized carbons (Fsp3) is 0.800. The molecule has 0 radical (unpaired) electrons. The van der Waals surface area contributed by atoms with Crippen molar-refractivity contribution < 1.29 is 0 Å². The van der Waals surface area contributed by atoms with Gasteiger partial charge in [-0.1, -0.05) is 30.9 Å². The van der Waals surface area contributed by atoms with Crippen molar-refractivity contribution in [2.75, 3.05) is 6.54 Å². The van der Waals surface area contributed by atoms with Crippen molar-refractivity contribution in [3.05, 3.63) is 11.6 Å². The Labute approximate surface area is 87.3 Å². The minimum absolute atomic E-state index is 0. The van der Waals surface area contributed by atoms with Crippen LogP contribution in [0.3, 0.4) is 0 Å². The molecule has 1 saturated carbocycles. The van der Waals surface area contributed by atoms with Crippen LogP contribution in [0.2, 0.25) is 0 Å². The zero-order chi connectivity index (χ0) is 8.81. The number of halogens is 1. The third kappa shape index (κ3) is 5.29. The SMILES string of the molecule is C/C(=C\C1CCCCC1)CNN.Cl. The predicted molar refractivity (Wildman–Crippen MR) is 59.8 cm³/mol. The molecule has 78 valence electrons. The lowest BCUT2D eigenvalue weighted by Crippen LogP contribution is -2.24. The summed E-state index contributed by atoms with van der Waals surface area (Å²) in [6.45, 7) is 2.98. The van der Waals surface area contributed by atoms with Crippen LogP contribution in [0.15, 0.2) is 11.6 Å². The lowest BCUT2D eigenvalue weighted by molar-refractivity contribution is 0.417. The molecule has 0 atom stereocenters. The Hall–Kier alpha value is -0.0500. The maximum absolute atomic E-state index is 5.24. The maximum Gasteiger partial charge on any atom is 0.0305 e. The summed E-state index contributed by atoms with van der Waals surface area (Å²) >= 11 is 0. The van der Waals surface area contributed by atoms with Crippen molar-refractivity contribution in [3.8, 4) is 0 Å². The number of nitrogens with two attached hydrogens (primary N) is 1. The standard InChI is InChI=1S/C10H20N2.ClH/c1-9(8-12-11)7-10-5-3-2-4-6-10;/h7,10,12H,2-6,8,11H2,1H3;1H/b9-7+;. The van der Waals surface area contributed by atoms with E-state index in [-0.39, 0.29) is 12.4 Å². The van der Waals surface area contributed by atoms with Gasteiger partial charge in [0.2, 0.25) is 0 Å². The van der Waals surface area contributed by atoms with E-state index in [0.717, 1.165) is 12.5 Å². The zero-order valence-electron chi connectivity index (χ0n) is 8.38. The molecular weight excluding hydrogens is 184 g/mol. The van der Waals surface area contributed by atoms with E-state index >= 15 is 0 Å². The molecule has 1 fully saturated rings. The van der Waals surface area contributed by atoms with Crippen LogP contribution in [0.25, 0.3) is 0 Å². The average Bonchev–Trinajstić information content (AvgIpc) is 2.06. The third-order valence-electron chi connectivity index (χ3n) is 2.55. The van der Waals surface area contributed by atoms with Gasteiger partial charge < -0.3 is 0 Å². The third-order valence-corrected chi connectivity index (χ3v) is 2.55. The second kappa shape index (κ2) is 7.36. The molecule has 0 aliphatic heterocycles. The summed E-state index contributed by atoms with van der Waals surface area (Å²) in [5.41, 5.74) is 4.07. The van der Waals surface area contributed by atoms with E-state index in [2.05, 4.69) is 18.4 Å². The highest BCUT2D eigenvalue weighted by molar-refractivity contribution is 5.85. The van der Waals surface area contributed by atoms with Crippen LogP contribution >= 0.6 is 12.4 Å². The van der Waals surface area contributed by atoms with Crippen molar-refractivity contribution in [2.24, 2.45) is 11.8 Å². The van der Waals surface area contributed by atoms with Gasteiger partial charge in [-0.2, -0.15) is 0 Å². The van der Waals surface area contributed by atoms with Gasteiger partial charge in [-0.15, -0.1) is 12.4 Å². The van der Waals surface area contributed by atoms with Gasteiger partial charge in [0.15, 0.2) is 0 Å². The van der Waals surface area contributed by atoms with Crippen LogP contribution in [0.1, 0.15) is 39.0 Å². The van der Waals surface area contributed by atoms with Crippen LogP contribution in [0.5, 0.6) is 0 Å². The van der Waals surface area contributed by atoms with E-state index in [1.165, 1.54) is 37.7 Å². The van der Waals surface area contributed by atoms with Gasteiger partial charge in [-0.25, -0.2) is 0 Å². The summed E-state index contributed by atoms with van der Waals surface area (Å²) in [5, 5.41) is 0. The van der Waals surface area contributed by atoms with Gasteiger partial charge >= 0.3 is 0 Å². The molecule has 1 aliphatic rings. The Morgan fingerprint density at radius 3 is 2.54 bits per heavy atom. The summed E-state index contributed by atoms with van der Waals surface area (Å²) in [6, 6.07) is 0. The Kier molecular flexibility index (Phi) is 7.33. The van der Waals surface area contributed by atoms with Crippen LogP contribution in [-0.4, -0.2) is 6.54 Å². The quantitative estimate of drug-likeness (QED) is 0.421. The van der Waals surface area contributed by atoms with Gasteiger partial charge in [0.1, 0.15) is 0 Å². The van der Waals surface area contributed by atoms with E-state index < -0.39 is 0 Å². The summed E-state index contributed by atoms with van der Waals surface area (Å²) in [6.07, 6.45) is 9.39. The number of hydrazine groups is 1. The highest BCUT2D eigenvalue weighted by Crippen LogP contribution is 2.25. The van der Waals surface area contributed by atoms with Gasteiger partial charge in [-0.05, 0) is 25.7 Å². The molecule has 1 rings (SSSR count). The number of hydrogen-bond donors (Lipinski definition) is 2. The molecule has 0 aromatic rings. The number of nitrogens with one attached hydrogen (secondary N) is 1. The van der Waals surface area contributed by atoms with Crippen molar-refractivity contribution in [3.63, 3.8) is 0 Å². The summed E-state index contributed by atoms with van der Waals surface area (Å²) in [5.74, 6) is 6.07. The Morgan fingerprint density at radius 1 is 1.38 bits per heavy atom. The lowest BCUT2D eigenvalue weighted by atomic mass is 9.88. The molecule has 0 aromatic carbocycles. The monoisotopic (exact) mass is 204 g/mol. The average molecular weight is 205 g/mol. The number of allylic oxidation sites excluding steroid dienone is 1. The predicted octanol–water partition coefficient (Wildman–Crippen LogP) is 2.40. The molecular formula is C10H21ClN2. The van der Waals surface area contributed by atoms with Crippen LogP contribution in [0, 0.1) is 5.92 Å². The summed E-state index contributed by atoms with van der Waals surface area (Å²) in [7, 11) is 0. The van der Waals surface area contributed by atoms with Gasteiger partial charge in [0.25, 0.3) is 0 Å². The Balaban J connectivity index is 0.00000144. The van der Waals surface area contributed by atoms with Crippen LogP contribution in [-0.2, 0) is 0 Å². The van der Waals surface area contributed by atoms with Crippen LogP contribution in [0.4, 0.5) is 0 Å². The minimum Gasteiger partial charge on any atom is -0.271 e. The molecule has 0 spiro atoms.